The van der Waals surface area contributed by atoms with E-state index in [0.717, 1.165) is 24.9 Å². The molecular weight excluding hydrogens is 250 g/mol. The van der Waals surface area contributed by atoms with Crippen molar-refractivity contribution < 1.29 is 9.53 Å². The minimum Gasteiger partial charge on any atom is -0.446 e. The molecule has 1 N–H and O–H groups in total. The number of carbonyl (C=O) groups is 1. The Hall–Kier alpha value is -1.51. The smallest absolute Gasteiger partial charge is 0.411 e. The molecule has 3 nitrogen and oxygen atoms in total. The molecule has 110 valence electrons. The molecule has 1 aromatic carbocycles. The Kier molecular flexibility index (Phi) is 5.05. The van der Waals surface area contributed by atoms with Gasteiger partial charge in [-0.3, -0.25) is 5.32 Å². The summed E-state index contributed by atoms with van der Waals surface area (Å²) >= 11 is 0. The van der Waals surface area contributed by atoms with E-state index in [9.17, 15) is 4.79 Å². The van der Waals surface area contributed by atoms with Crippen LogP contribution < -0.4 is 5.32 Å². The summed E-state index contributed by atoms with van der Waals surface area (Å²) in [4.78, 5) is 11.9. The van der Waals surface area contributed by atoms with Crippen LogP contribution in [0.3, 0.4) is 0 Å². The molecule has 0 heterocycles. The molecule has 0 bridgehead atoms. The van der Waals surface area contributed by atoms with Crippen molar-refractivity contribution in [1.29, 1.82) is 0 Å². The van der Waals surface area contributed by atoms with Crippen LogP contribution >= 0.6 is 0 Å². The fourth-order valence-electron chi connectivity index (χ4n) is 3.09. The standard InChI is InChI=1S/C17H25NO2/c1-4-14-5-7-15(8-6-14)18-17(19)20-16-10-12(2)9-13(3)11-16/h5-8,12-13,16H,4,9-11H2,1-3H3,(H,18,19). The largest absolute Gasteiger partial charge is 0.446 e. The van der Waals surface area contributed by atoms with E-state index in [-0.39, 0.29) is 12.2 Å². The predicted molar refractivity (Wildman–Crippen MR) is 81.9 cm³/mol. The summed E-state index contributed by atoms with van der Waals surface area (Å²) in [5.41, 5.74) is 2.06. The molecule has 0 aromatic heterocycles. The van der Waals surface area contributed by atoms with Crippen LogP contribution in [-0.2, 0) is 11.2 Å². The quantitative estimate of drug-likeness (QED) is 0.874. The summed E-state index contributed by atoms with van der Waals surface area (Å²) in [5.74, 6) is 1.28. The number of hydrogen-bond acceptors (Lipinski definition) is 2. The third-order valence-corrected chi connectivity index (χ3v) is 4.02. The van der Waals surface area contributed by atoms with Crippen molar-refractivity contribution in [2.45, 2.75) is 52.6 Å². The molecule has 1 aromatic rings. The number of carbonyl (C=O) groups excluding carboxylic acids is 1. The van der Waals surface area contributed by atoms with Crippen LogP contribution in [0.4, 0.5) is 10.5 Å². The van der Waals surface area contributed by atoms with Gasteiger partial charge in [-0.2, -0.15) is 0 Å². The first-order chi connectivity index (χ1) is 9.56. The van der Waals surface area contributed by atoms with Gasteiger partial charge in [0.25, 0.3) is 0 Å². The zero-order chi connectivity index (χ0) is 14.5. The summed E-state index contributed by atoms with van der Waals surface area (Å²) in [6.45, 7) is 6.57. The number of hydrogen-bond donors (Lipinski definition) is 1. The van der Waals surface area contributed by atoms with Crippen molar-refractivity contribution in [1.82, 2.24) is 0 Å². The number of ether oxygens (including phenoxy) is 1. The van der Waals surface area contributed by atoms with Gasteiger partial charge in [0.2, 0.25) is 0 Å². The van der Waals surface area contributed by atoms with E-state index < -0.39 is 0 Å². The molecule has 20 heavy (non-hydrogen) atoms. The zero-order valence-corrected chi connectivity index (χ0v) is 12.7. The second-order valence-corrected chi connectivity index (χ2v) is 6.12. The van der Waals surface area contributed by atoms with E-state index in [1.807, 2.05) is 24.3 Å². The van der Waals surface area contributed by atoms with E-state index in [1.165, 1.54) is 12.0 Å². The molecule has 0 aliphatic heterocycles. The van der Waals surface area contributed by atoms with Crippen molar-refractivity contribution in [2.24, 2.45) is 11.8 Å². The number of nitrogens with one attached hydrogen (secondary N) is 1. The van der Waals surface area contributed by atoms with Crippen molar-refractivity contribution in [3.05, 3.63) is 29.8 Å². The van der Waals surface area contributed by atoms with Crippen LogP contribution in [0.2, 0.25) is 0 Å². The second kappa shape index (κ2) is 6.78. The first-order valence-corrected chi connectivity index (χ1v) is 7.63. The average molecular weight is 275 g/mol. The number of anilines is 1. The predicted octanol–water partition coefficient (Wildman–Crippen LogP) is 4.62. The summed E-state index contributed by atoms with van der Waals surface area (Å²) in [5, 5.41) is 2.81. The third kappa shape index (κ3) is 4.26. The molecule has 2 unspecified atom stereocenters. The van der Waals surface area contributed by atoms with Crippen LogP contribution in [0.25, 0.3) is 0 Å². The van der Waals surface area contributed by atoms with Gasteiger partial charge in [0.15, 0.2) is 0 Å². The maximum atomic E-state index is 11.9. The molecule has 2 rings (SSSR count). The molecule has 1 fully saturated rings. The van der Waals surface area contributed by atoms with Gasteiger partial charge in [-0.1, -0.05) is 32.9 Å². The minimum atomic E-state index is -0.333. The lowest BCUT2D eigenvalue weighted by molar-refractivity contribution is 0.0553. The number of benzene rings is 1. The molecule has 1 amide bonds. The van der Waals surface area contributed by atoms with Crippen LogP contribution in [0.5, 0.6) is 0 Å². The highest BCUT2D eigenvalue weighted by atomic mass is 16.6. The van der Waals surface area contributed by atoms with Gasteiger partial charge in [0.05, 0.1) is 0 Å². The van der Waals surface area contributed by atoms with Crippen molar-refractivity contribution >= 4 is 11.8 Å². The minimum absolute atomic E-state index is 0.0589. The number of aryl methyl sites for hydroxylation is 1. The molecule has 3 heteroatoms. The van der Waals surface area contributed by atoms with E-state index >= 15 is 0 Å². The lowest BCUT2D eigenvalue weighted by Gasteiger charge is -2.30. The Morgan fingerprint density at radius 3 is 2.30 bits per heavy atom. The molecule has 2 atom stereocenters. The molecular formula is C17H25NO2. The van der Waals surface area contributed by atoms with Gasteiger partial charge in [0, 0.05) is 5.69 Å². The van der Waals surface area contributed by atoms with E-state index in [2.05, 4.69) is 26.1 Å². The topological polar surface area (TPSA) is 38.3 Å². The summed E-state index contributed by atoms with van der Waals surface area (Å²) in [7, 11) is 0. The Bertz CT molecular complexity index is 431. The molecule has 1 aliphatic carbocycles. The highest BCUT2D eigenvalue weighted by Crippen LogP contribution is 2.30. The maximum absolute atomic E-state index is 11.9. The molecule has 1 aliphatic rings. The third-order valence-electron chi connectivity index (χ3n) is 4.02. The molecule has 0 radical (unpaired) electrons. The Balaban J connectivity index is 1.85. The lowest BCUT2D eigenvalue weighted by Crippen LogP contribution is -2.30. The van der Waals surface area contributed by atoms with E-state index in [4.69, 9.17) is 4.74 Å². The van der Waals surface area contributed by atoms with Gasteiger partial charge < -0.3 is 4.74 Å². The van der Waals surface area contributed by atoms with Crippen molar-refractivity contribution in [3.63, 3.8) is 0 Å². The highest BCUT2D eigenvalue weighted by molar-refractivity contribution is 5.84. The Labute approximate surface area is 121 Å². The average Bonchev–Trinajstić information content (AvgIpc) is 2.38. The SMILES string of the molecule is CCc1ccc(NC(=O)OC2CC(C)CC(C)C2)cc1. The van der Waals surface area contributed by atoms with Crippen LogP contribution in [0, 0.1) is 11.8 Å². The lowest BCUT2D eigenvalue weighted by atomic mass is 9.82. The molecule has 0 spiro atoms. The second-order valence-electron chi connectivity index (χ2n) is 6.12. The Morgan fingerprint density at radius 1 is 1.15 bits per heavy atom. The van der Waals surface area contributed by atoms with Gasteiger partial charge >= 0.3 is 6.09 Å². The fourth-order valence-corrected chi connectivity index (χ4v) is 3.09. The van der Waals surface area contributed by atoms with Gasteiger partial charge in [-0.15, -0.1) is 0 Å². The Morgan fingerprint density at radius 2 is 1.75 bits per heavy atom. The summed E-state index contributed by atoms with van der Waals surface area (Å²) in [6.07, 6.45) is 3.92. The maximum Gasteiger partial charge on any atom is 0.411 e. The zero-order valence-electron chi connectivity index (χ0n) is 12.7. The molecule has 0 saturated heterocycles. The van der Waals surface area contributed by atoms with E-state index in [1.54, 1.807) is 0 Å². The first kappa shape index (κ1) is 14.9. The highest BCUT2D eigenvalue weighted by Gasteiger charge is 2.26. The van der Waals surface area contributed by atoms with Crippen LogP contribution in [-0.4, -0.2) is 12.2 Å². The van der Waals surface area contributed by atoms with Crippen LogP contribution in [0.15, 0.2) is 24.3 Å². The summed E-state index contributed by atoms with van der Waals surface area (Å²) < 4.78 is 5.54. The van der Waals surface area contributed by atoms with Crippen molar-refractivity contribution in [3.8, 4) is 0 Å². The van der Waals surface area contributed by atoms with Gasteiger partial charge in [-0.25, -0.2) is 4.79 Å². The monoisotopic (exact) mass is 275 g/mol. The van der Waals surface area contributed by atoms with E-state index in [0.29, 0.717) is 11.8 Å². The van der Waals surface area contributed by atoms with Gasteiger partial charge in [-0.05, 0) is 55.2 Å². The number of rotatable bonds is 3. The van der Waals surface area contributed by atoms with Gasteiger partial charge in [0.1, 0.15) is 6.10 Å². The normalized spacial score (nSPS) is 26.1. The van der Waals surface area contributed by atoms with Crippen LogP contribution in [0.1, 0.15) is 45.6 Å². The van der Waals surface area contributed by atoms with Crippen molar-refractivity contribution in [2.75, 3.05) is 5.32 Å². The fraction of sp³-hybridized carbons (Fsp3) is 0.588. The summed E-state index contributed by atoms with van der Waals surface area (Å²) in [6, 6.07) is 7.90. The first-order valence-electron chi connectivity index (χ1n) is 7.63. The molecule has 1 saturated carbocycles. The number of amides is 1.